The van der Waals surface area contributed by atoms with Crippen molar-refractivity contribution >= 4 is 27.5 Å². The third-order valence-electron chi connectivity index (χ3n) is 3.37. The second-order valence-corrected chi connectivity index (χ2v) is 5.68. The summed E-state index contributed by atoms with van der Waals surface area (Å²) < 4.78 is 1.00. The Balaban J connectivity index is 2.15. The number of carbonyl (C=O) groups excluding carboxylic acids is 1. The zero-order valence-electron chi connectivity index (χ0n) is 11.7. The van der Waals surface area contributed by atoms with Crippen LogP contribution < -0.4 is 5.32 Å². The van der Waals surface area contributed by atoms with Gasteiger partial charge in [0.2, 0.25) is 5.91 Å². The molecule has 0 saturated heterocycles. The number of hydrogen-bond acceptors (Lipinski definition) is 1. The lowest BCUT2D eigenvalue weighted by Crippen LogP contribution is -2.20. The molecule has 0 aromatic heterocycles. The number of benzene rings is 2. The van der Waals surface area contributed by atoms with Gasteiger partial charge in [-0.1, -0.05) is 59.3 Å². The number of amides is 1. The Bertz CT molecular complexity index is 595. The van der Waals surface area contributed by atoms with E-state index in [1.165, 1.54) is 0 Å². The standard InChI is InChI=1S/C17H18BrNO/c1-3-15(13-7-5-4-6-8-13)17(20)19-14-10-9-12(2)16(18)11-14/h4-11,15H,3H2,1-2H3,(H,19,20). The predicted molar refractivity (Wildman–Crippen MR) is 87.0 cm³/mol. The van der Waals surface area contributed by atoms with Crippen molar-refractivity contribution in [3.05, 3.63) is 64.1 Å². The predicted octanol–water partition coefficient (Wildman–Crippen LogP) is 4.89. The lowest BCUT2D eigenvalue weighted by molar-refractivity contribution is -0.117. The molecule has 1 unspecified atom stereocenters. The van der Waals surface area contributed by atoms with Crippen LogP contribution in [0.5, 0.6) is 0 Å². The molecule has 2 nitrogen and oxygen atoms in total. The van der Waals surface area contributed by atoms with Gasteiger partial charge < -0.3 is 5.32 Å². The zero-order chi connectivity index (χ0) is 14.5. The van der Waals surface area contributed by atoms with Crippen molar-refractivity contribution in [2.24, 2.45) is 0 Å². The molecule has 0 fully saturated rings. The van der Waals surface area contributed by atoms with E-state index in [0.717, 1.165) is 27.7 Å². The van der Waals surface area contributed by atoms with E-state index in [0.29, 0.717) is 0 Å². The van der Waals surface area contributed by atoms with Gasteiger partial charge >= 0.3 is 0 Å². The fourth-order valence-electron chi connectivity index (χ4n) is 2.16. The lowest BCUT2D eigenvalue weighted by atomic mass is 9.95. The molecule has 3 heteroatoms. The van der Waals surface area contributed by atoms with Crippen LogP contribution in [0.25, 0.3) is 0 Å². The summed E-state index contributed by atoms with van der Waals surface area (Å²) in [6.07, 6.45) is 0.781. The average molecular weight is 332 g/mol. The largest absolute Gasteiger partial charge is 0.326 e. The fraction of sp³-hybridized carbons (Fsp3) is 0.235. The third kappa shape index (κ3) is 3.48. The maximum Gasteiger partial charge on any atom is 0.231 e. The SMILES string of the molecule is CCC(C(=O)Nc1ccc(C)c(Br)c1)c1ccccc1. The van der Waals surface area contributed by atoms with Gasteiger partial charge in [0.25, 0.3) is 0 Å². The molecule has 2 aromatic rings. The molecule has 0 saturated carbocycles. The van der Waals surface area contributed by atoms with Crippen LogP contribution in [0.4, 0.5) is 5.69 Å². The van der Waals surface area contributed by atoms with E-state index in [1.807, 2.05) is 62.4 Å². The molecule has 2 rings (SSSR count). The summed E-state index contributed by atoms with van der Waals surface area (Å²) in [6.45, 7) is 4.05. The first-order chi connectivity index (χ1) is 9.61. The van der Waals surface area contributed by atoms with E-state index >= 15 is 0 Å². The van der Waals surface area contributed by atoms with Gasteiger partial charge in [-0.2, -0.15) is 0 Å². The maximum absolute atomic E-state index is 12.4. The molecule has 0 heterocycles. The summed E-state index contributed by atoms with van der Waals surface area (Å²) in [7, 11) is 0. The van der Waals surface area contributed by atoms with Crippen LogP contribution in [0, 0.1) is 6.92 Å². The van der Waals surface area contributed by atoms with Gasteiger partial charge in [-0.15, -0.1) is 0 Å². The molecule has 0 aliphatic carbocycles. The Hall–Kier alpha value is -1.61. The van der Waals surface area contributed by atoms with Crippen LogP contribution in [0.3, 0.4) is 0 Å². The first kappa shape index (κ1) is 14.8. The Kier molecular flexibility index (Phi) is 4.96. The van der Waals surface area contributed by atoms with Crippen molar-refractivity contribution in [2.75, 3.05) is 5.32 Å². The highest BCUT2D eigenvalue weighted by atomic mass is 79.9. The molecule has 1 amide bonds. The van der Waals surface area contributed by atoms with Gasteiger partial charge in [-0.05, 0) is 36.6 Å². The zero-order valence-corrected chi connectivity index (χ0v) is 13.3. The van der Waals surface area contributed by atoms with Crippen LogP contribution >= 0.6 is 15.9 Å². The Labute approximate surface area is 128 Å². The number of halogens is 1. The number of nitrogens with one attached hydrogen (secondary N) is 1. The number of hydrogen-bond donors (Lipinski definition) is 1. The third-order valence-corrected chi connectivity index (χ3v) is 4.22. The molecule has 104 valence electrons. The Morgan fingerprint density at radius 2 is 1.90 bits per heavy atom. The van der Waals surface area contributed by atoms with Crippen molar-refractivity contribution in [1.82, 2.24) is 0 Å². The topological polar surface area (TPSA) is 29.1 Å². The molecule has 0 aliphatic heterocycles. The summed E-state index contributed by atoms with van der Waals surface area (Å²) in [5, 5.41) is 2.99. The molecule has 0 spiro atoms. The minimum Gasteiger partial charge on any atom is -0.326 e. The number of aryl methyl sites for hydroxylation is 1. The summed E-state index contributed by atoms with van der Waals surface area (Å²) in [5.41, 5.74) is 3.03. The minimum absolute atomic E-state index is 0.0365. The fourth-order valence-corrected chi connectivity index (χ4v) is 2.54. The summed E-state index contributed by atoms with van der Waals surface area (Å²) in [4.78, 5) is 12.4. The molecular weight excluding hydrogens is 314 g/mol. The van der Waals surface area contributed by atoms with Gasteiger partial charge in [0.05, 0.1) is 5.92 Å². The van der Waals surface area contributed by atoms with Crippen molar-refractivity contribution in [3.63, 3.8) is 0 Å². The number of rotatable bonds is 4. The Morgan fingerprint density at radius 3 is 2.50 bits per heavy atom. The second-order valence-electron chi connectivity index (χ2n) is 4.82. The van der Waals surface area contributed by atoms with E-state index in [9.17, 15) is 4.79 Å². The highest BCUT2D eigenvalue weighted by molar-refractivity contribution is 9.10. The van der Waals surface area contributed by atoms with E-state index in [2.05, 4.69) is 21.2 Å². The second kappa shape index (κ2) is 6.71. The van der Waals surface area contributed by atoms with E-state index < -0.39 is 0 Å². The molecule has 2 aromatic carbocycles. The first-order valence-electron chi connectivity index (χ1n) is 6.73. The van der Waals surface area contributed by atoms with Crippen LogP contribution in [-0.4, -0.2) is 5.91 Å². The van der Waals surface area contributed by atoms with Crippen LogP contribution in [0.1, 0.15) is 30.4 Å². The Morgan fingerprint density at radius 1 is 1.20 bits per heavy atom. The van der Waals surface area contributed by atoms with Gasteiger partial charge in [-0.25, -0.2) is 0 Å². The molecule has 0 aliphatic rings. The highest BCUT2D eigenvalue weighted by Crippen LogP contribution is 2.24. The smallest absolute Gasteiger partial charge is 0.231 e. The molecule has 0 bridgehead atoms. The quantitative estimate of drug-likeness (QED) is 0.849. The minimum atomic E-state index is -0.115. The normalized spacial score (nSPS) is 11.9. The van der Waals surface area contributed by atoms with Crippen molar-refractivity contribution < 1.29 is 4.79 Å². The number of anilines is 1. The van der Waals surface area contributed by atoms with E-state index in [-0.39, 0.29) is 11.8 Å². The van der Waals surface area contributed by atoms with E-state index in [1.54, 1.807) is 0 Å². The van der Waals surface area contributed by atoms with Gasteiger partial charge in [0, 0.05) is 10.2 Å². The van der Waals surface area contributed by atoms with Gasteiger partial charge in [0.15, 0.2) is 0 Å². The summed E-state index contributed by atoms with van der Waals surface area (Å²) in [6, 6.07) is 15.7. The van der Waals surface area contributed by atoms with Crippen LogP contribution in [-0.2, 0) is 4.79 Å². The van der Waals surface area contributed by atoms with Gasteiger partial charge in [0.1, 0.15) is 0 Å². The molecule has 20 heavy (non-hydrogen) atoms. The van der Waals surface area contributed by atoms with Crippen molar-refractivity contribution in [3.8, 4) is 0 Å². The molecular formula is C17H18BrNO. The number of carbonyl (C=O) groups is 1. The van der Waals surface area contributed by atoms with Gasteiger partial charge in [-0.3, -0.25) is 4.79 Å². The molecule has 1 atom stereocenters. The summed E-state index contributed by atoms with van der Waals surface area (Å²) in [5.74, 6) is -0.0780. The average Bonchev–Trinajstić information content (AvgIpc) is 2.45. The van der Waals surface area contributed by atoms with Crippen molar-refractivity contribution in [1.29, 1.82) is 0 Å². The van der Waals surface area contributed by atoms with Crippen LogP contribution in [0.2, 0.25) is 0 Å². The maximum atomic E-state index is 12.4. The molecule has 1 N–H and O–H groups in total. The summed E-state index contributed by atoms with van der Waals surface area (Å²) >= 11 is 3.48. The highest BCUT2D eigenvalue weighted by Gasteiger charge is 2.18. The van der Waals surface area contributed by atoms with Crippen molar-refractivity contribution in [2.45, 2.75) is 26.2 Å². The van der Waals surface area contributed by atoms with Crippen LogP contribution in [0.15, 0.2) is 53.0 Å². The monoisotopic (exact) mass is 331 g/mol. The van der Waals surface area contributed by atoms with E-state index in [4.69, 9.17) is 0 Å². The first-order valence-corrected chi connectivity index (χ1v) is 7.53. The molecule has 0 radical (unpaired) electrons. The lowest BCUT2D eigenvalue weighted by Gasteiger charge is -2.15.